The summed E-state index contributed by atoms with van der Waals surface area (Å²) in [6.45, 7) is 0. The van der Waals surface area contributed by atoms with E-state index in [0.717, 1.165) is 123 Å². The summed E-state index contributed by atoms with van der Waals surface area (Å²) < 4.78 is 4.47. The van der Waals surface area contributed by atoms with E-state index in [1.165, 1.54) is 0 Å². The van der Waals surface area contributed by atoms with Gasteiger partial charge in [-0.25, -0.2) is 0 Å². The second-order valence-electron chi connectivity index (χ2n) is 23.6. The van der Waals surface area contributed by atoms with Crippen molar-refractivity contribution in [2.24, 2.45) is 0 Å². The molecule has 0 saturated carbocycles. The molecule has 0 unspecified atom stereocenters. The summed E-state index contributed by atoms with van der Waals surface area (Å²) in [5, 5.41) is 4.10. The second kappa shape index (κ2) is 23.2. The number of para-hydroxylation sites is 8. The third-order valence-corrected chi connectivity index (χ3v) is 18.1. The highest BCUT2D eigenvalue weighted by atomic mass is 16.1. The molecule has 0 aliphatic heterocycles. The molecule has 2 aromatic heterocycles. The van der Waals surface area contributed by atoms with Gasteiger partial charge in [0.2, 0.25) is 0 Å². The number of fused-ring (bicyclic) bond motifs is 8. The molecule has 14 aromatic carbocycles. The van der Waals surface area contributed by atoms with E-state index in [1.807, 2.05) is 84.9 Å². The largest absolute Gasteiger partial charge is 0.310 e. The Morgan fingerprint density at radius 2 is 0.383 bits per heavy atom. The zero-order valence-electron chi connectivity index (χ0n) is 51.0. The number of hydrogen-bond acceptors (Lipinski definition) is 6. The van der Waals surface area contributed by atoms with E-state index in [1.54, 1.807) is 0 Å². The highest BCUT2D eigenvalue weighted by Crippen LogP contribution is 2.46. The lowest BCUT2D eigenvalue weighted by Crippen LogP contribution is -2.21. The molecule has 0 bridgehead atoms. The van der Waals surface area contributed by atoms with Crippen LogP contribution in [-0.2, 0) is 0 Å². The Labute approximate surface area is 544 Å². The van der Waals surface area contributed by atoms with E-state index in [0.29, 0.717) is 22.3 Å². The maximum atomic E-state index is 15.4. The Morgan fingerprint density at radius 3 is 0.585 bits per heavy atom. The number of carbonyl (C=O) groups excluding carboxylic acids is 2. The van der Waals surface area contributed by atoms with Gasteiger partial charge < -0.3 is 28.7 Å². The molecule has 17 rings (SSSR count). The van der Waals surface area contributed by atoms with Crippen molar-refractivity contribution in [2.75, 3.05) is 19.6 Å². The molecule has 1 aliphatic rings. The molecule has 8 nitrogen and oxygen atoms in total. The minimum absolute atomic E-state index is 0.202. The zero-order chi connectivity index (χ0) is 62.6. The Kier molecular flexibility index (Phi) is 13.7. The summed E-state index contributed by atoms with van der Waals surface area (Å²) in [5.74, 6) is -0.405. The van der Waals surface area contributed by atoms with Crippen LogP contribution < -0.4 is 19.6 Å². The number of hydrogen-bond donors (Lipinski definition) is 0. The quantitative estimate of drug-likeness (QED) is 0.108. The number of aromatic nitrogens is 2. The first-order valence-corrected chi connectivity index (χ1v) is 31.6. The molecule has 0 atom stereocenters. The number of anilines is 12. The lowest BCUT2D eigenvalue weighted by molar-refractivity contribution is 0.0979. The average Bonchev–Trinajstić information content (AvgIpc) is 1.50. The fraction of sp³-hybridized carbons (Fsp3) is 0. The Bertz CT molecular complexity index is 4740. The van der Waals surface area contributed by atoms with Crippen molar-refractivity contribution < 1.29 is 9.59 Å². The molecule has 0 fully saturated rings. The smallest absolute Gasteiger partial charge is 0.194 e. The molecule has 1 aliphatic carbocycles. The fourth-order valence-electron chi connectivity index (χ4n) is 13.9. The summed E-state index contributed by atoms with van der Waals surface area (Å²) in [6, 6.07) is 122. The van der Waals surface area contributed by atoms with Crippen molar-refractivity contribution in [3.63, 3.8) is 0 Å². The fourth-order valence-corrected chi connectivity index (χ4v) is 13.9. The Morgan fingerprint density at radius 1 is 0.181 bits per heavy atom. The highest BCUT2D eigenvalue weighted by Gasteiger charge is 2.32. The third kappa shape index (κ3) is 9.56. The molecule has 2 heterocycles. The average molecular weight is 1210 g/mol. The van der Waals surface area contributed by atoms with E-state index >= 15 is 9.59 Å². The molecular weight excluding hydrogens is 1150 g/mol. The molecule has 0 amide bonds. The van der Waals surface area contributed by atoms with Crippen molar-refractivity contribution in [1.29, 1.82) is 0 Å². The Balaban J connectivity index is 0.803. The van der Waals surface area contributed by atoms with Crippen LogP contribution in [-0.4, -0.2) is 20.7 Å². The summed E-state index contributed by atoms with van der Waals surface area (Å²) in [4.78, 5) is 39.9. The van der Waals surface area contributed by atoms with Crippen molar-refractivity contribution in [3.05, 3.63) is 374 Å². The van der Waals surface area contributed by atoms with E-state index in [9.17, 15) is 0 Å². The minimum Gasteiger partial charge on any atom is -0.310 e. The highest BCUT2D eigenvalue weighted by molar-refractivity contribution is 6.29. The van der Waals surface area contributed by atoms with Gasteiger partial charge >= 0.3 is 0 Å². The topological polar surface area (TPSA) is 57.0 Å². The SMILES string of the molecule is O=C1c2ccc(-n3c4ccc(N(c5ccccc5)c5ccccc5)cc4c4cc(N(c5ccccc5)c5ccccc5)ccc43)cc2C(=O)c2ccc(-n3c4ccc(N(c5ccccc5)c5ccccc5)cc4c4cc(N(c5ccccc5)c5ccccc5)ccc43)cc21. The Hall–Kier alpha value is -12.8. The van der Waals surface area contributed by atoms with Crippen molar-refractivity contribution in [3.8, 4) is 11.4 Å². The number of nitrogens with zero attached hydrogens (tertiary/aromatic N) is 6. The van der Waals surface area contributed by atoms with Crippen LogP contribution in [0.2, 0.25) is 0 Å². The molecular formula is C86H58N6O2. The van der Waals surface area contributed by atoms with Crippen molar-refractivity contribution in [2.45, 2.75) is 0 Å². The van der Waals surface area contributed by atoms with Gasteiger partial charge in [0, 0.05) is 123 Å². The van der Waals surface area contributed by atoms with Gasteiger partial charge in [0.05, 0.1) is 22.1 Å². The minimum atomic E-state index is -0.202. The van der Waals surface area contributed by atoms with Crippen molar-refractivity contribution >= 4 is 123 Å². The number of carbonyl (C=O) groups is 2. The van der Waals surface area contributed by atoms with Crippen LogP contribution in [0, 0.1) is 0 Å². The lowest BCUT2D eigenvalue weighted by Gasteiger charge is -2.26. The molecule has 8 heteroatoms. The standard InChI is InChI=1S/C86H58N6O2/c93-85-74-48-42-72(92-83-51-45-69(89(63-33-17-5-18-34-63)64-35-19-6-20-36-64)55-77(83)78-56-70(46-52-84(78)92)90(65-37-21-7-22-38-65)66-39-23-8-24-40-66)58-80(74)86(94)73-47-41-71(57-79(73)85)91-81-49-43-67(87(59-25-9-1-10-26-59)60-27-11-2-12-28-60)53-75(81)76-54-68(44-50-82(76)91)88(61-29-13-3-14-30-61)62-31-15-4-16-32-62/h1-58H. The van der Waals surface area contributed by atoms with Crippen LogP contribution in [0.5, 0.6) is 0 Å². The third-order valence-electron chi connectivity index (χ3n) is 18.1. The normalized spacial score (nSPS) is 11.9. The van der Waals surface area contributed by atoms with Crippen LogP contribution in [0.4, 0.5) is 68.2 Å². The van der Waals surface area contributed by atoms with Gasteiger partial charge in [-0.05, 0) is 206 Å². The molecule has 0 radical (unpaired) electrons. The first kappa shape index (κ1) is 55.3. The van der Waals surface area contributed by atoms with Gasteiger partial charge in [0.25, 0.3) is 0 Å². The van der Waals surface area contributed by atoms with E-state index in [2.05, 4.69) is 296 Å². The second-order valence-corrected chi connectivity index (χ2v) is 23.6. The molecule has 16 aromatic rings. The first-order chi connectivity index (χ1) is 46.5. The summed E-state index contributed by atoms with van der Waals surface area (Å²) >= 11 is 0. The van der Waals surface area contributed by atoms with Crippen LogP contribution >= 0.6 is 0 Å². The maximum absolute atomic E-state index is 15.4. The molecule has 0 saturated heterocycles. The molecule has 94 heavy (non-hydrogen) atoms. The number of ketones is 2. The lowest BCUT2D eigenvalue weighted by atomic mass is 9.83. The van der Waals surface area contributed by atoms with E-state index < -0.39 is 0 Å². The summed E-state index contributed by atoms with van der Waals surface area (Å²) in [6.07, 6.45) is 0. The van der Waals surface area contributed by atoms with E-state index in [-0.39, 0.29) is 11.6 Å². The van der Waals surface area contributed by atoms with Crippen LogP contribution in [0.25, 0.3) is 55.0 Å². The van der Waals surface area contributed by atoms with Gasteiger partial charge in [-0.2, -0.15) is 0 Å². The number of benzene rings is 14. The van der Waals surface area contributed by atoms with Gasteiger partial charge in [0.1, 0.15) is 0 Å². The zero-order valence-corrected chi connectivity index (χ0v) is 51.0. The van der Waals surface area contributed by atoms with Gasteiger partial charge in [-0.15, -0.1) is 0 Å². The summed E-state index contributed by atoms with van der Waals surface area (Å²) in [7, 11) is 0. The predicted octanol–water partition coefficient (Wildman–Crippen LogP) is 22.5. The van der Waals surface area contributed by atoms with E-state index in [4.69, 9.17) is 0 Å². The van der Waals surface area contributed by atoms with Crippen LogP contribution in [0.15, 0.2) is 352 Å². The van der Waals surface area contributed by atoms with Gasteiger partial charge in [-0.1, -0.05) is 146 Å². The molecule has 0 spiro atoms. The summed E-state index contributed by atoms with van der Waals surface area (Å²) in [5.41, 5.74) is 19.0. The maximum Gasteiger partial charge on any atom is 0.194 e. The molecule has 444 valence electrons. The van der Waals surface area contributed by atoms with Gasteiger partial charge in [0.15, 0.2) is 11.6 Å². The monoisotopic (exact) mass is 1210 g/mol. The van der Waals surface area contributed by atoms with Crippen LogP contribution in [0.1, 0.15) is 31.8 Å². The number of rotatable bonds is 14. The predicted molar refractivity (Wildman–Crippen MR) is 387 cm³/mol. The van der Waals surface area contributed by atoms with Crippen LogP contribution in [0.3, 0.4) is 0 Å². The van der Waals surface area contributed by atoms with Crippen molar-refractivity contribution in [1.82, 2.24) is 9.13 Å². The molecule has 0 N–H and O–H groups in total. The van der Waals surface area contributed by atoms with Gasteiger partial charge in [-0.3, -0.25) is 9.59 Å². The first-order valence-electron chi connectivity index (χ1n) is 31.6.